The van der Waals surface area contributed by atoms with Crippen LogP contribution in [0.1, 0.15) is 30.7 Å². The number of allylic oxidation sites excluding steroid dienone is 3. The van der Waals surface area contributed by atoms with E-state index in [9.17, 15) is 10.1 Å². The number of rotatable bonds is 2. The Morgan fingerprint density at radius 3 is 2.79 bits per heavy atom. The number of hydrogen-bond donors (Lipinski definition) is 1. The molecule has 1 aromatic carbocycles. The van der Waals surface area contributed by atoms with E-state index in [4.69, 9.17) is 15.2 Å². The molecule has 0 saturated carbocycles. The molecule has 2 N–H and O–H groups in total. The van der Waals surface area contributed by atoms with Crippen LogP contribution in [-0.2, 0) is 9.53 Å². The summed E-state index contributed by atoms with van der Waals surface area (Å²) in [5.74, 6) is 0.575. The zero-order valence-corrected chi connectivity index (χ0v) is 16.0. The van der Waals surface area contributed by atoms with Crippen molar-refractivity contribution < 1.29 is 14.3 Å². The van der Waals surface area contributed by atoms with Gasteiger partial charge >= 0.3 is 0 Å². The molecular weight excluding hydrogens is 440 g/mol. The summed E-state index contributed by atoms with van der Waals surface area (Å²) in [6.45, 7) is 0. The second kappa shape index (κ2) is 6.61. The van der Waals surface area contributed by atoms with Gasteiger partial charge in [0.1, 0.15) is 23.2 Å². The van der Waals surface area contributed by atoms with E-state index in [2.05, 4.69) is 37.9 Å². The van der Waals surface area contributed by atoms with Crippen molar-refractivity contribution in [2.45, 2.75) is 25.2 Å². The quantitative estimate of drug-likeness (QED) is 0.730. The summed E-state index contributed by atoms with van der Waals surface area (Å²) in [5.41, 5.74) is 7.40. The van der Waals surface area contributed by atoms with E-state index in [1.807, 2.05) is 12.1 Å². The van der Waals surface area contributed by atoms with Gasteiger partial charge in [0.05, 0.1) is 17.5 Å². The molecule has 0 spiro atoms. The Bertz CT molecular complexity index is 837. The molecule has 3 rings (SSSR count). The summed E-state index contributed by atoms with van der Waals surface area (Å²) < 4.78 is 12.6. The van der Waals surface area contributed by atoms with E-state index in [-0.39, 0.29) is 17.2 Å². The van der Waals surface area contributed by atoms with Crippen LogP contribution >= 0.6 is 31.9 Å². The van der Waals surface area contributed by atoms with Crippen molar-refractivity contribution in [1.82, 2.24) is 0 Å². The summed E-state index contributed by atoms with van der Waals surface area (Å²) in [7, 11) is 1.55. The van der Waals surface area contributed by atoms with E-state index in [1.54, 1.807) is 7.11 Å². The summed E-state index contributed by atoms with van der Waals surface area (Å²) in [5, 5.41) is 9.61. The lowest BCUT2D eigenvalue weighted by molar-refractivity contribution is -0.116. The molecule has 1 aliphatic carbocycles. The van der Waals surface area contributed by atoms with Crippen LogP contribution < -0.4 is 10.5 Å². The number of carbonyl (C=O) groups is 1. The van der Waals surface area contributed by atoms with E-state index in [0.717, 1.165) is 15.4 Å². The Kier molecular flexibility index (Phi) is 4.70. The molecule has 0 unspecified atom stereocenters. The van der Waals surface area contributed by atoms with Gasteiger partial charge in [0.15, 0.2) is 5.78 Å². The smallest absolute Gasteiger partial charge is 0.205 e. The van der Waals surface area contributed by atoms with Crippen LogP contribution in [0.15, 0.2) is 43.9 Å². The Morgan fingerprint density at radius 1 is 1.38 bits per heavy atom. The largest absolute Gasteiger partial charge is 0.495 e. The number of nitriles is 1. The first-order valence-electron chi connectivity index (χ1n) is 7.34. The van der Waals surface area contributed by atoms with Crippen molar-refractivity contribution in [3.63, 3.8) is 0 Å². The monoisotopic (exact) mass is 452 g/mol. The SMILES string of the molecule is COc1c(Br)cc(Br)cc1[C@H]1C(C#N)=C(N)OC2=C1C(=O)CCC2. The molecule has 0 amide bonds. The number of halogens is 2. The van der Waals surface area contributed by atoms with Gasteiger partial charge in [-0.3, -0.25) is 4.79 Å². The highest BCUT2D eigenvalue weighted by Gasteiger charge is 2.39. The predicted molar refractivity (Wildman–Crippen MR) is 94.9 cm³/mol. The first-order chi connectivity index (χ1) is 11.5. The molecule has 1 heterocycles. The standard InChI is InChI=1S/C17H14Br2N2O3/c1-23-16-9(5-8(18)6-11(16)19)14-10(7-20)17(21)24-13-4-2-3-12(22)15(13)14/h5-6,14H,2-4,21H2,1H3/t14-/m0/s1. The Labute approximate surface area is 156 Å². The summed E-state index contributed by atoms with van der Waals surface area (Å²) in [6, 6.07) is 5.79. The number of Topliss-reactive ketones (excluding diaryl/α,β-unsaturated/α-hetero) is 1. The van der Waals surface area contributed by atoms with Crippen molar-refractivity contribution in [1.29, 1.82) is 5.26 Å². The maximum absolute atomic E-state index is 12.6. The van der Waals surface area contributed by atoms with Gasteiger partial charge in [-0.05, 0) is 34.5 Å². The molecule has 0 radical (unpaired) electrons. The van der Waals surface area contributed by atoms with Gasteiger partial charge in [0, 0.05) is 28.5 Å². The second-order valence-electron chi connectivity index (χ2n) is 5.55. The first-order valence-corrected chi connectivity index (χ1v) is 8.93. The number of nitrogens with zero attached hydrogens (tertiary/aromatic N) is 1. The maximum atomic E-state index is 12.6. The average molecular weight is 454 g/mol. The van der Waals surface area contributed by atoms with E-state index in [0.29, 0.717) is 35.5 Å². The third kappa shape index (κ3) is 2.74. The van der Waals surface area contributed by atoms with Crippen molar-refractivity contribution in [3.05, 3.63) is 49.4 Å². The molecule has 5 nitrogen and oxygen atoms in total. The van der Waals surface area contributed by atoms with E-state index < -0.39 is 5.92 Å². The summed E-state index contributed by atoms with van der Waals surface area (Å²) in [6.07, 6.45) is 1.79. The minimum Gasteiger partial charge on any atom is -0.495 e. The van der Waals surface area contributed by atoms with Gasteiger partial charge < -0.3 is 15.2 Å². The number of ether oxygens (including phenoxy) is 2. The molecular formula is C17H14Br2N2O3. The van der Waals surface area contributed by atoms with Gasteiger partial charge in [0.25, 0.3) is 0 Å². The number of methoxy groups -OCH3 is 1. The van der Waals surface area contributed by atoms with Crippen molar-refractivity contribution in [3.8, 4) is 11.8 Å². The lowest BCUT2D eigenvalue weighted by Gasteiger charge is -2.31. The third-order valence-corrected chi connectivity index (χ3v) is 5.20. The number of hydrogen-bond acceptors (Lipinski definition) is 5. The van der Waals surface area contributed by atoms with Crippen molar-refractivity contribution in [2.75, 3.05) is 7.11 Å². The molecule has 0 fully saturated rings. The first kappa shape index (κ1) is 17.1. The highest BCUT2D eigenvalue weighted by molar-refractivity contribution is 9.11. The average Bonchev–Trinajstić information content (AvgIpc) is 2.53. The molecule has 1 aromatic rings. The highest BCUT2D eigenvalue weighted by atomic mass is 79.9. The van der Waals surface area contributed by atoms with Gasteiger partial charge in [-0.15, -0.1) is 0 Å². The van der Waals surface area contributed by atoms with Crippen LogP contribution in [0.4, 0.5) is 0 Å². The van der Waals surface area contributed by atoms with Crippen LogP contribution in [0.5, 0.6) is 5.75 Å². The van der Waals surface area contributed by atoms with Crippen LogP contribution in [0, 0.1) is 11.3 Å². The third-order valence-electron chi connectivity index (χ3n) is 4.16. The Morgan fingerprint density at radius 2 is 2.12 bits per heavy atom. The van der Waals surface area contributed by atoms with E-state index >= 15 is 0 Å². The fourth-order valence-corrected chi connectivity index (χ4v) is 4.60. The van der Waals surface area contributed by atoms with Crippen LogP contribution in [0.25, 0.3) is 0 Å². The van der Waals surface area contributed by atoms with Crippen molar-refractivity contribution in [2.24, 2.45) is 5.73 Å². The minimum absolute atomic E-state index is 0.0142. The highest BCUT2D eigenvalue weighted by Crippen LogP contribution is 2.48. The van der Waals surface area contributed by atoms with Gasteiger partial charge in [0.2, 0.25) is 5.88 Å². The molecule has 1 atom stereocenters. The summed E-state index contributed by atoms with van der Waals surface area (Å²) in [4.78, 5) is 12.6. The Balaban J connectivity index is 2.30. The number of benzene rings is 1. The lowest BCUT2D eigenvalue weighted by Crippen LogP contribution is -2.27. The lowest BCUT2D eigenvalue weighted by atomic mass is 9.77. The van der Waals surface area contributed by atoms with Crippen LogP contribution in [0.2, 0.25) is 0 Å². The number of ketones is 1. The molecule has 0 saturated heterocycles. The van der Waals surface area contributed by atoms with Crippen molar-refractivity contribution >= 4 is 37.6 Å². The second-order valence-corrected chi connectivity index (χ2v) is 7.32. The molecule has 1 aliphatic heterocycles. The topological polar surface area (TPSA) is 85.3 Å². The zero-order chi connectivity index (χ0) is 17.4. The molecule has 7 heteroatoms. The fourth-order valence-electron chi connectivity index (χ4n) is 3.18. The molecule has 2 aliphatic rings. The van der Waals surface area contributed by atoms with Gasteiger partial charge in [-0.2, -0.15) is 5.26 Å². The van der Waals surface area contributed by atoms with Gasteiger partial charge in [-0.1, -0.05) is 15.9 Å². The molecule has 124 valence electrons. The number of carbonyl (C=O) groups excluding carboxylic acids is 1. The van der Waals surface area contributed by atoms with Crippen LogP contribution in [-0.4, -0.2) is 12.9 Å². The zero-order valence-electron chi connectivity index (χ0n) is 12.9. The summed E-state index contributed by atoms with van der Waals surface area (Å²) >= 11 is 6.92. The van der Waals surface area contributed by atoms with E-state index in [1.165, 1.54) is 0 Å². The van der Waals surface area contributed by atoms with Gasteiger partial charge in [-0.25, -0.2) is 0 Å². The molecule has 0 bridgehead atoms. The minimum atomic E-state index is -0.588. The predicted octanol–water partition coefficient (Wildman–Crippen LogP) is 4.03. The van der Waals surface area contributed by atoms with Crippen LogP contribution in [0.3, 0.4) is 0 Å². The normalized spacial score (nSPS) is 20.4. The molecule has 24 heavy (non-hydrogen) atoms. The molecule has 0 aromatic heterocycles. The Hall–Kier alpha value is -1.78. The number of nitrogens with two attached hydrogens (primary N) is 1. The maximum Gasteiger partial charge on any atom is 0.205 e. The fraction of sp³-hybridized carbons (Fsp3) is 0.294.